The molecule has 2 atom stereocenters. The van der Waals surface area contributed by atoms with E-state index >= 15 is 0 Å². The van der Waals surface area contributed by atoms with E-state index < -0.39 is 0 Å². The molecular formula is C19H19O5P. The van der Waals surface area contributed by atoms with E-state index in [1.807, 2.05) is 48.5 Å². The van der Waals surface area contributed by atoms with E-state index in [1.54, 1.807) is 0 Å². The maximum absolute atomic E-state index is 11.9. The van der Waals surface area contributed by atoms with Crippen molar-refractivity contribution in [3.05, 3.63) is 59.7 Å². The fourth-order valence-corrected chi connectivity index (χ4v) is 3.13. The smallest absolute Gasteiger partial charge is 0.168 e. The molecule has 2 aromatic rings. The second kappa shape index (κ2) is 7.52. The standard InChI is InChI=1S/C19H19O5P/c20-25-19(13-3-1-5-15(7-13)21-9-17-11-23-17)14-4-2-6-16(8-14)22-10-18-12-24-18/h1-8,17-19H,9-12H2. The molecule has 0 amide bonds. The van der Waals surface area contributed by atoms with E-state index in [1.165, 1.54) is 0 Å². The third-order valence-corrected chi connectivity index (χ3v) is 4.94. The summed E-state index contributed by atoms with van der Waals surface area (Å²) in [5.74, 6) is 1.53. The predicted octanol–water partition coefficient (Wildman–Crippen LogP) is 3.62. The summed E-state index contributed by atoms with van der Waals surface area (Å²) in [5.41, 5.74) is 1.61. The molecular weight excluding hydrogens is 339 g/mol. The van der Waals surface area contributed by atoms with E-state index in [4.69, 9.17) is 18.9 Å². The average Bonchev–Trinajstić information content (AvgIpc) is 3.55. The van der Waals surface area contributed by atoms with Crippen LogP contribution in [0.3, 0.4) is 0 Å². The summed E-state index contributed by atoms with van der Waals surface area (Å²) in [5, 5.41) is 0. The fraction of sp³-hybridized carbons (Fsp3) is 0.368. The Bertz CT molecular complexity index is 683. The van der Waals surface area contributed by atoms with Gasteiger partial charge >= 0.3 is 0 Å². The number of epoxide rings is 2. The molecule has 2 aromatic carbocycles. The van der Waals surface area contributed by atoms with Crippen LogP contribution in [0.2, 0.25) is 0 Å². The van der Waals surface area contributed by atoms with Crippen molar-refractivity contribution in [1.29, 1.82) is 0 Å². The maximum atomic E-state index is 11.9. The van der Waals surface area contributed by atoms with E-state index in [2.05, 4.69) is 0 Å². The van der Waals surface area contributed by atoms with Gasteiger partial charge in [0.25, 0.3) is 0 Å². The first-order valence-electron chi connectivity index (χ1n) is 8.33. The summed E-state index contributed by atoms with van der Waals surface area (Å²) in [6.45, 7) is 2.63. The van der Waals surface area contributed by atoms with Crippen LogP contribution >= 0.6 is 8.46 Å². The highest BCUT2D eigenvalue weighted by Crippen LogP contribution is 2.37. The number of rotatable bonds is 9. The van der Waals surface area contributed by atoms with E-state index in [0.717, 1.165) is 35.8 Å². The van der Waals surface area contributed by atoms with Gasteiger partial charge in [0.05, 0.1) is 18.9 Å². The Morgan fingerprint density at radius 3 is 1.80 bits per heavy atom. The van der Waals surface area contributed by atoms with Gasteiger partial charge in [-0.15, -0.1) is 0 Å². The number of hydrogen-bond acceptors (Lipinski definition) is 5. The predicted molar refractivity (Wildman–Crippen MR) is 92.8 cm³/mol. The van der Waals surface area contributed by atoms with E-state index in [-0.39, 0.29) is 26.3 Å². The molecule has 0 saturated carbocycles. The van der Waals surface area contributed by atoms with Crippen LogP contribution < -0.4 is 9.47 Å². The second-order valence-corrected chi connectivity index (χ2v) is 6.91. The molecule has 25 heavy (non-hydrogen) atoms. The molecule has 4 rings (SSSR count). The molecule has 0 N–H and O–H groups in total. The van der Waals surface area contributed by atoms with Gasteiger partial charge in [0.15, 0.2) is 8.46 Å². The summed E-state index contributed by atoms with van der Waals surface area (Å²) in [4.78, 5) is 0. The van der Waals surface area contributed by atoms with Gasteiger partial charge in [0, 0.05) is 0 Å². The van der Waals surface area contributed by atoms with Crippen LogP contribution in [0.25, 0.3) is 0 Å². The zero-order valence-corrected chi connectivity index (χ0v) is 14.6. The van der Waals surface area contributed by atoms with Crippen molar-refractivity contribution in [2.45, 2.75) is 17.9 Å². The van der Waals surface area contributed by atoms with Crippen LogP contribution in [0.4, 0.5) is 0 Å². The molecule has 2 aliphatic heterocycles. The molecule has 0 aliphatic carbocycles. The lowest BCUT2D eigenvalue weighted by Gasteiger charge is -2.14. The summed E-state index contributed by atoms with van der Waals surface area (Å²) >= 11 is 0. The van der Waals surface area contributed by atoms with Crippen molar-refractivity contribution < 1.29 is 23.5 Å². The highest BCUT2D eigenvalue weighted by atomic mass is 31.1. The summed E-state index contributed by atoms with van der Waals surface area (Å²) < 4.78 is 33.6. The molecule has 0 bridgehead atoms. The average molecular weight is 358 g/mol. The highest BCUT2D eigenvalue weighted by Gasteiger charge is 2.24. The molecule has 130 valence electrons. The highest BCUT2D eigenvalue weighted by molar-refractivity contribution is 7.24. The third kappa shape index (κ3) is 4.57. The molecule has 2 aliphatic rings. The SMILES string of the molecule is O=PC(c1cccc(OCC2CO2)c1)c1cccc(OCC2CO2)c1. The van der Waals surface area contributed by atoms with E-state index in [0.29, 0.717) is 13.2 Å². The maximum Gasteiger partial charge on any atom is 0.168 e. The monoisotopic (exact) mass is 358 g/mol. The Morgan fingerprint density at radius 2 is 1.40 bits per heavy atom. The lowest BCUT2D eigenvalue weighted by Crippen LogP contribution is -2.05. The zero-order chi connectivity index (χ0) is 17.1. The third-order valence-electron chi connectivity index (χ3n) is 4.13. The quantitative estimate of drug-likeness (QED) is 0.506. The van der Waals surface area contributed by atoms with Crippen LogP contribution in [0.5, 0.6) is 11.5 Å². The molecule has 2 saturated heterocycles. The summed E-state index contributed by atoms with van der Waals surface area (Å²) in [6, 6.07) is 15.4. The van der Waals surface area contributed by atoms with Crippen LogP contribution in [0, 0.1) is 0 Å². The van der Waals surface area contributed by atoms with Gasteiger partial charge in [-0.3, -0.25) is 4.57 Å². The Labute approximate surface area is 148 Å². The first kappa shape index (κ1) is 16.5. The topological polar surface area (TPSA) is 60.6 Å². The van der Waals surface area contributed by atoms with Crippen LogP contribution in [0.1, 0.15) is 16.8 Å². The van der Waals surface area contributed by atoms with Crippen molar-refractivity contribution in [1.82, 2.24) is 0 Å². The van der Waals surface area contributed by atoms with Crippen molar-refractivity contribution in [3.63, 3.8) is 0 Å². The first-order chi connectivity index (χ1) is 12.3. The van der Waals surface area contributed by atoms with E-state index in [9.17, 15) is 4.57 Å². The lowest BCUT2D eigenvalue weighted by molar-refractivity contribution is 0.262. The van der Waals surface area contributed by atoms with Gasteiger partial charge in [0.1, 0.15) is 36.9 Å². The summed E-state index contributed by atoms with van der Waals surface area (Å²) in [6.07, 6.45) is 0.419. The minimum absolute atomic E-state index is 0.0310. The van der Waals surface area contributed by atoms with Crippen molar-refractivity contribution >= 4 is 8.46 Å². The fourth-order valence-electron chi connectivity index (χ4n) is 2.57. The first-order valence-corrected chi connectivity index (χ1v) is 9.21. The molecule has 2 fully saturated rings. The summed E-state index contributed by atoms with van der Waals surface area (Å²) in [7, 11) is 0.0310. The lowest BCUT2D eigenvalue weighted by atomic mass is 10.0. The van der Waals surface area contributed by atoms with Gasteiger partial charge in [-0.25, -0.2) is 0 Å². The minimum Gasteiger partial charge on any atom is -0.491 e. The van der Waals surface area contributed by atoms with Crippen LogP contribution in [-0.4, -0.2) is 38.6 Å². The minimum atomic E-state index is -0.263. The van der Waals surface area contributed by atoms with Gasteiger partial charge in [0.2, 0.25) is 0 Å². The Hall–Kier alpha value is -1.94. The van der Waals surface area contributed by atoms with Gasteiger partial charge in [-0.05, 0) is 35.4 Å². The van der Waals surface area contributed by atoms with Gasteiger partial charge in [-0.1, -0.05) is 24.3 Å². The normalized spacial score (nSPS) is 22.4. The number of ether oxygens (including phenoxy) is 4. The zero-order valence-electron chi connectivity index (χ0n) is 13.7. The number of benzene rings is 2. The molecule has 2 heterocycles. The molecule has 5 nitrogen and oxygen atoms in total. The molecule has 0 aromatic heterocycles. The Kier molecular flexibility index (Phi) is 4.97. The Balaban J connectivity index is 1.49. The van der Waals surface area contributed by atoms with Crippen LogP contribution in [-0.2, 0) is 14.0 Å². The molecule has 2 unspecified atom stereocenters. The van der Waals surface area contributed by atoms with Gasteiger partial charge < -0.3 is 18.9 Å². The van der Waals surface area contributed by atoms with Crippen molar-refractivity contribution in [3.8, 4) is 11.5 Å². The van der Waals surface area contributed by atoms with Gasteiger partial charge in [-0.2, -0.15) is 0 Å². The number of hydrogen-bond donors (Lipinski definition) is 0. The largest absolute Gasteiger partial charge is 0.491 e. The Morgan fingerprint density at radius 1 is 0.920 bits per heavy atom. The molecule has 6 heteroatoms. The van der Waals surface area contributed by atoms with Crippen LogP contribution in [0.15, 0.2) is 48.5 Å². The molecule has 0 spiro atoms. The van der Waals surface area contributed by atoms with Crippen molar-refractivity contribution in [2.75, 3.05) is 26.4 Å². The van der Waals surface area contributed by atoms with Crippen molar-refractivity contribution in [2.24, 2.45) is 0 Å². The molecule has 0 radical (unpaired) electrons. The second-order valence-electron chi connectivity index (χ2n) is 6.19.